The lowest BCUT2D eigenvalue weighted by Gasteiger charge is -2.34. The smallest absolute Gasteiger partial charge is 0.152 e. The number of hydrogen-bond acceptors (Lipinski definition) is 3. The van der Waals surface area contributed by atoms with Gasteiger partial charge in [-0.15, -0.1) is 0 Å². The van der Waals surface area contributed by atoms with Crippen LogP contribution in [0, 0.1) is 0 Å². The second-order valence-corrected chi connectivity index (χ2v) is 5.61. The SMILES string of the molecule is CCN1CCCCC1Cc1nc2n(n1)CCCC2. The van der Waals surface area contributed by atoms with Gasteiger partial charge < -0.3 is 4.90 Å². The van der Waals surface area contributed by atoms with Gasteiger partial charge in [-0.05, 0) is 38.8 Å². The number of hydrogen-bond donors (Lipinski definition) is 0. The molecule has 1 aromatic heterocycles. The Labute approximate surface area is 109 Å². The van der Waals surface area contributed by atoms with Crippen LogP contribution in [0.3, 0.4) is 0 Å². The van der Waals surface area contributed by atoms with E-state index in [2.05, 4.69) is 16.5 Å². The maximum Gasteiger partial charge on any atom is 0.152 e. The molecule has 1 atom stereocenters. The lowest BCUT2D eigenvalue weighted by Crippen LogP contribution is -2.40. The molecule has 3 rings (SSSR count). The average molecular weight is 248 g/mol. The lowest BCUT2D eigenvalue weighted by atomic mass is 9.99. The molecular formula is C14H24N4. The Morgan fingerprint density at radius 1 is 1.17 bits per heavy atom. The maximum absolute atomic E-state index is 4.74. The average Bonchev–Trinajstić information content (AvgIpc) is 2.81. The molecule has 0 bridgehead atoms. The molecule has 1 saturated heterocycles. The summed E-state index contributed by atoms with van der Waals surface area (Å²) >= 11 is 0. The zero-order valence-electron chi connectivity index (χ0n) is 11.4. The Bertz CT molecular complexity index is 375. The molecule has 4 nitrogen and oxygen atoms in total. The van der Waals surface area contributed by atoms with Crippen LogP contribution in [-0.2, 0) is 19.4 Å². The summed E-state index contributed by atoms with van der Waals surface area (Å²) in [5, 5.41) is 4.69. The van der Waals surface area contributed by atoms with Crippen molar-refractivity contribution < 1.29 is 0 Å². The number of fused-ring (bicyclic) bond motifs is 1. The monoisotopic (exact) mass is 248 g/mol. The van der Waals surface area contributed by atoms with Gasteiger partial charge in [0.25, 0.3) is 0 Å². The van der Waals surface area contributed by atoms with Crippen LogP contribution >= 0.6 is 0 Å². The molecule has 18 heavy (non-hydrogen) atoms. The maximum atomic E-state index is 4.74. The quantitative estimate of drug-likeness (QED) is 0.821. The lowest BCUT2D eigenvalue weighted by molar-refractivity contribution is 0.153. The van der Waals surface area contributed by atoms with Crippen LogP contribution in [-0.4, -0.2) is 38.8 Å². The third-order valence-corrected chi connectivity index (χ3v) is 4.39. The van der Waals surface area contributed by atoms with Crippen LogP contribution in [0.15, 0.2) is 0 Å². The van der Waals surface area contributed by atoms with Gasteiger partial charge in [-0.25, -0.2) is 9.67 Å². The molecule has 0 spiro atoms. The molecule has 0 aliphatic carbocycles. The number of nitrogens with zero attached hydrogens (tertiary/aromatic N) is 4. The predicted octanol–water partition coefficient (Wildman–Crippen LogP) is 2.03. The van der Waals surface area contributed by atoms with E-state index in [-0.39, 0.29) is 0 Å². The summed E-state index contributed by atoms with van der Waals surface area (Å²) in [6.07, 6.45) is 8.76. The van der Waals surface area contributed by atoms with Gasteiger partial charge in [0, 0.05) is 25.4 Å². The Morgan fingerprint density at radius 2 is 2.06 bits per heavy atom. The molecule has 0 saturated carbocycles. The van der Waals surface area contributed by atoms with E-state index in [0.717, 1.165) is 31.8 Å². The second-order valence-electron chi connectivity index (χ2n) is 5.61. The van der Waals surface area contributed by atoms with Crippen LogP contribution in [0.5, 0.6) is 0 Å². The van der Waals surface area contributed by atoms with Crippen LogP contribution in [0.4, 0.5) is 0 Å². The molecule has 1 aromatic rings. The summed E-state index contributed by atoms with van der Waals surface area (Å²) in [5.74, 6) is 2.30. The third-order valence-electron chi connectivity index (χ3n) is 4.39. The Hall–Kier alpha value is -0.900. The Kier molecular flexibility index (Phi) is 3.64. The molecule has 1 unspecified atom stereocenters. The minimum atomic E-state index is 0.674. The number of likely N-dealkylation sites (N-methyl/N-ethyl adjacent to an activating group) is 1. The fourth-order valence-corrected chi connectivity index (χ4v) is 3.34. The topological polar surface area (TPSA) is 34.0 Å². The predicted molar refractivity (Wildman–Crippen MR) is 71.6 cm³/mol. The number of piperidine rings is 1. The van der Waals surface area contributed by atoms with Gasteiger partial charge in [-0.2, -0.15) is 5.10 Å². The number of rotatable bonds is 3. The largest absolute Gasteiger partial charge is 0.300 e. The van der Waals surface area contributed by atoms with Crippen molar-refractivity contribution in [3.05, 3.63) is 11.6 Å². The first-order valence-corrected chi connectivity index (χ1v) is 7.53. The highest BCUT2D eigenvalue weighted by atomic mass is 15.4. The molecule has 0 N–H and O–H groups in total. The molecule has 1 fully saturated rings. The van der Waals surface area contributed by atoms with Gasteiger partial charge in [-0.3, -0.25) is 0 Å². The Balaban J connectivity index is 1.69. The van der Waals surface area contributed by atoms with Crippen molar-refractivity contribution in [1.82, 2.24) is 19.7 Å². The first kappa shape index (κ1) is 12.2. The van der Waals surface area contributed by atoms with Gasteiger partial charge in [-0.1, -0.05) is 13.3 Å². The third kappa shape index (κ3) is 2.44. The fourth-order valence-electron chi connectivity index (χ4n) is 3.34. The molecular weight excluding hydrogens is 224 g/mol. The highest BCUT2D eigenvalue weighted by molar-refractivity contribution is 4.98. The van der Waals surface area contributed by atoms with E-state index in [0.29, 0.717) is 6.04 Å². The van der Waals surface area contributed by atoms with Crippen LogP contribution < -0.4 is 0 Å². The van der Waals surface area contributed by atoms with Crippen molar-refractivity contribution in [2.75, 3.05) is 13.1 Å². The van der Waals surface area contributed by atoms with Crippen molar-refractivity contribution in [3.8, 4) is 0 Å². The highest BCUT2D eigenvalue weighted by Gasteiger charge is 2.23. The van der Waals surface area contributed by atoms with Gasteiger partial charge in [0.05, 0.1) is 0 Å². The van der Waals surface area contributed by atoms with Crippen molar-refractivity contribution in [2.45, 2.75) is 64.5 Å². The van der Waals surface area contributed by atoms with E-state index < -0.39 is 0 Å². The van der Waals surface area contributed by atoms with Crippen LogP contribution in [0.2, 0.25) is 0 Å². The zero-order chi connectivity index (χ0) is 12.4. The van der Waals surface area contributed by atoms with Crippen molar-refractivity contribution in [3.63, 3.8) is 0 Å². The van der Waals surface area contributed by atoms with E-state index in [1.807, 2.05) is 0 Å². The van der Waals surface area contributed by atoms with Gasteiger partial charge in [0.15, 0.2) is 5.82 Å². The summed E-state index contributed by atoms with van der Waals surface area (Å²) in [6.45, 7) is 5.77. The van der Waals surface area contributed by atoms with E-state index in [4.69, 9.17) is 10.1 Å². The number of aromatic nitrogens is 3. The zero-order valence-corrected chi connectivity index (χ0v) is 11.4. The Morgan fingerprint density at radius 3 is 2.89 bits per heavy atom. The van der Waals surface area contributed by atoms with Gasteiger partial charge in [0.1, 0.15) is 5.82 Å². The number of aryl methyl sites for hydroxylation is 2. The van der Waals surface area contributed by atoms with E-state index in [1.165, 1.54) is 44.5 Å². The summed E-state index contributed by atoms with van der Waals surface area (Å²) < 4.78 is 2.14. The van der Waals surface area contributed by atoms with Crippen molar-refractivity contribution in [2.24, 2.45) is 0 Å². The van der Waals surface area contributed by atoms with E-state index in [9.17, 15) is 0 Å². The van der Waals surface area contributed by atoms with Crippen LogP contribution in [0.1, 0.15) is 50.7 Å². The molecule has 2 aliphatic heterocycles. The van der Waals surface area contributed by atoms with Gasteiger partial charge in [0.2, 0.25) is 0 Å². The summed E-state index contributed by atoms with van der Waals surface area (Å²) in [7, 11) is 0. The summed E-state index contributed by atoms with van der Waals surface area (Å²) in [5.41, 5.74) is 0. The number of likely N-dealkylation sites (tertiary alicyclic amines) is 1. The minimum Gasteiger partial charge on any atom is -0.300 e. The fraction of sp³-hybridized carbons (Fsp3) is 0.857. The van der Waals surface area contributed by atoms with E-state index in [1.54, 1.807) is 0 Å². The van der Waals surface area contributed by atoms with Crippen molar-refractivity contribution in [1.29, 1.82) is 0 Å². The second kappa shape index (κ2) is 5.39. The molecule has 0 amide bonds. The molecule has 3 heterocycles. The standard InChI is InChI=1S/C14H24N4/c1-2-17-9-5-3-7-12(17)11-13-15-14-8-4-6-10-18(14)16-13/h12H,2-11H2,1H3. The molecule has 4 heteroatoms. The molecule has 0 radical (unpaired) electrons. The highest BCUT2D eigenvalue weighted by Crippen LogP contribution is 2.20. The van der Waals surface area contributed by atoms with Crippen LogP contribution in [0.25, 0.3) is 0 Å². The summed E-state index contributed by atoms with van der Waals surface area (Å²) in [4.78, 5) is 7.34. The first-order valence-electron chi connectivity index (χ1n) is 7.53. The molecule has 100 valence electrons. The molecule has 2 aliphatic rings. The van der Waals surface area contributed by atoms with E-state index >= 15 is 0 Å². The summed E-state index contributed by atoms with van der Waals surface area (Å²) in [6, 6.07) is 0.674. The first-order chi connectivity index (χ1) is 8.86. The van der Waals surface area contributed by atoms with Crippen molar-refractivity contribution >= 4 is 0 Å². The normalized spacial score (nSPS) is 25.1. The van der Waals surface area contributed by atoms with Gasteiger partial charge >= 0.3 is 0 Å². The molecule has 0 aromatic carbocycles. The minimum absolute atomic E-state index is 0.674.